The van der Waals surface area contributed by atoms with Crippen LogP contribution in [0.2, 0.25) is 0 Å². The number of hydrogen-bond acceptors (Lipinski definition) is 7. The zero-order valence-corrected chi connectivity index (χ0v) is 11.8. The Bertz CT molecular complexity index is 592. The molecule has 0 atom stereocenters. The standard InChI is InChI=1S/C15H18N2O5/c16-9-1-3-12(19)14(5-9)21-7-11(18)8-22-15-6-10(17)2-4-13(15)20/h1-6,11,18-20H,7-8,16-17H2. The molecule has 0 radical (unpaired) electrons. The van der Waals surface area contributed by atoms with Crippen LogP contribution in [0, 0.1) is 0 Å². The summed E-state index contributed by atoms with van der Waals surface area (Å²) in [5, 5.41) is 29.0. The summed E-state index contributed by atoms with van der Waals surface area (Å²) in [4.78, 5) is 0. The molecule has 0 aliphatic carbocycles. The van der Waals surface area contributed by atoms with Crippen molar-refractivity contribution in [2.24, 2.45) is 0 Å². The predicted molar refractivity (Wildman–Crippen MR) is 82.0 cm³/mol. The Morgan fingerprint density at radius 1 is 0.818 bits per heavy atom. The highest BCUT2D eigenvalue weighted by molar-refractivity contribution is 5.52. The quantitative estimate of drug-likeness (QED) is 0.398. The first-order chi connectivity index (χ1) is 10.5. The molecule has 0 saturated carbocycles. The van der Waals surface area contributed by atoms with E-state index in [1.807, 2.05) is 0 Å². The summed E-state index contributed by atoms with van der Waals surface area (Å²) in [6.07, 6.45) is -0.971. The van der Waals surface area contributed by atoms with Crippen molar-refractivity contribution in [2.75, 3.05) is 24.7 Å². The number of phenolic OH excluding ortho intramolecular Hbond substituents is 2. The lowest BCUT2D eigenvalue weighted by atomic mass is 10.3. The summed E-state index contributed by atoms with van der Waals surface area (Å²) in [5.74, 6) is 0.197. The molecule has 0 aliphatic heterocycles. The van der Waals surface area contributed by atoms with Crippen molar-refractivity contribution in [3.8, 4) is 23.0 Å². The molecule has 0 heterocycles. The van der Waals surface area contributed by atoms with Gasteiger partial charge in [-0.25, -0.2) is 0 Å². The molecule has 0 amide bonds. The molecule has 0 fully saturated rings. The molecule has 0 aliphatic rings. The molecular weight excluding hydrogens is 288 g/mol. The van der Waals surface area contributed by atoms with Crippen LogP contribution in [0.3, 0.4) is 0 Å². The monoisotopic (exact) mass is 306 g/mol. The zero-order valence-electron chi connectivity index (χ0n) is 11.8. The van der Waals surface area contributed by atoms with Gasteiger partial charge in [-0.2, -0.15) is 0 Å². The third-order valence-electron chi connectivity index (χ3n) is 2.83. The minimum Gasteiger partial charge on any atom is -0.504 e. The van der Waals surface area contributed by atoms with E-state index in [1.165, 1.54) is 36.4 Å². The maximum atomic E-state index is 9.82. The van der Waals surface area contributed by atoms with Crippen molar-refractivity contribution < 1.29 is 24.8 Å². The van der Waals surface area contributed by atoms with E-state index in [9.17, 15) is 15.3 Å². The minimum absolute atomic E-state index is 0.0733. The van der Waals surface area contributed by atoms with Gasteiger partial charge in [-0.3, -0.25) is 0 Å². The van der Waals surface area contributed by atoms with Crippen molar-refractivity contribution in [2.45, 2.75) is 6.10 Å². The molecule has 2 aromatic rings. The van der Waals surface area contributed by atoms with Crippen LogP contribution in [0.15, 0.2) is 36.4 Å². The van der Waals surface area contributed by atoms with Crippen LogP contribution in [0.25, 0.3) is 0 Å². The Morgan fingerprint density at radius 3 is 1.64 bits per heavy atom. The van der Waals surface area contributed by atoms with Crippen molar-refractivity contribution in [1.29, 1.82) is 0 Å². The molecule has 7 N–H and O–H groups in total. The predicted octanol–water partition coefficient (Wildman–Crippen LogP) is 1.08. The van der Waals surface area contributed by atoms with Gasteiger partial charge in [0.05, 0.1) is 0 Å². The third kappa shape index (κ3) is 4.10. The maximum Gasteiger partial charge on any atom is 0.163 e. The molecule has 0 bridgehead atoms. The maximum absolute atomic E-state index is 9.82. The van der Waals surface area contributed by atoms with E-state index in [0.29, 0.717) is 11.4 Å². The van der Waals surface area contributed by atoms with Gasteiger partial charge in [0, 0.05) is 23.5 Å². The molecule has 0 aromatic heterocycles. The largest absolute Gasteiger partial charge is 0.504 e. The molecule has 7 heteroatoms. The smallest absolute Gasteiger partial charge is 0.163 e. The number of ether oxygens (including phenoxy) is 2. The molecule has 0 saturated heterocycles. The van der Waals surface area contributed by atoms with Gasteiger partial charge in [0.25, 0.3) is 0 Å². The lowest BCUT2D eigenvalue weighted by Crippen LogP contribution is -2.25. The Hall–Kier alpha value is -2.80. The van der Waals surface area contributed by atoms with Crippen molar-refractivity contribution in [3.63, 3.8) is 0 Å². The Kier molecular flexibility index (Phi) is 4.80. The number of phenols is 2. The second kappa shape index (κ2) is 6.77. The molecular formula is C15H18N2O5. The number of nitrogens with two attached hydrogens (primary N) is 2. The van der Waals surface area contributed by atoms with Crippen LogP contribution in [0.1, 0.15) is 0 Å². The van der Waals surface area contributed by atoms with E-state index >= 15 is 0 Å². The first-order valence-electron chi connectivity index (χ1n) is 6.56. The van der Waals surface area contributed by atoms with Crippen molar-refractivity contribution in [1.82, 2.24) is 0 Å². The topological polar surface area (TPSA) is 131 Å². The van der Waals surface area contributed by atoms with E-state index in [-0.39, 0.29) is 36.2 Å². The second-order valence-corrected chi connectivity index (χ2v) is 4.73. The van der Waals surface area contributed by atoms with Crippen molar-refractivity contribution >= 4 is 11.4 Å². The van der Waals surface area contributed by atoms with Crippen LogP contribution in [-0.4, -0.2) is 34.6 Å². The summed E-state index contributed by atoms with van der Waals surface area (Å²) >= 11 is 0. The van der Waals surface area contributed by atoms with Gasteiger partial charge in [-0.1, -0.05) is 0 Å². The molecule has 2 aromatic carbocycles. The molecule has 2 rings (SSSR count). The van der Waals surface area contributed by atoms with Gasteiger partial charge >= 0.3 is 0 Å². The molecule has 118 valence electrons. The van der Waals surface area contributed by atoms with E-state index in [2.05, 4.69) is 0 Å². The lowest BCUT2D eigenvalue weighted by Gasteiger charge is -2.15. The number of hydrogen-bond donors (Lipinski definition) is 5. The summed E-state index contributed by atoms with van der Waals surface area (Å²) in [5.41, 5.74) is 12.0. The van der Waals surface area contributed by atoms with Crippen LogP contribution >= 0.6 is 0 Å². The average Bonchev–Trinajstić information content (AvgIpc) is 2.49. The highest BCUT2D eigenvalue weighted by atomic mass is 16.5. The molecule has 0 unspecified atom stereocenters. The number of rotatable bonds is 6. The van der Waals surface area contributed by atoms with Gasteiger partial charge < -0.3 is 36.3 Å². The minimum atomic E-state index is -0.971. The fourth-order valence-electron chi connectivity index (χ4n) is 1.71. The Labute approximate surface area is 127 Å². The fourth-order valence-corrected chi connectivity index (χ4v) is 1.71. The molecule has 0 spiro atoms. The van der Waals surface area contributed by atoms with Gasteiger partial charge in [-0.05, 0) is 24.3 Å². The first kappa shape index (κ1) is 15.6. The zero-order chi connectivity index (χ0) is 16.1. The Balaban J connectivity index is 1.86. The van der Waals surface area contributed by atoms with Gasteiger partial charge in [0.2, 0.25) is 0 Å². The summed E-state index contributed by atoms with van der Waals surface area (Å²) in [7, 11) is 0. The van der Waals surface area contributed by atoms with E-state index in [0.717, 1.165) is 0 Å². The van der Waals surface area contributed by atoms with Crippen LogP contribution in [-0.2, 0) is 0 Å². The second-order valence-electron chi connectivity index (χ2n) is 4.73. The summed E-state index contributed by atoms with van der Waals surface area (Å²) in [6.45, 7) is -0.222. The number of aromatic hydroxyl groups is 2. The fraction of sp³-hybridized carbons (Fsp3) is 0.200. The summed E-state index contributed by atoms with van der Waals surface area (Å²) < 4.78 is 10.5. The van der Waals surface area contributed by atoms with Gasteiger partial charge in [0.1, 0.15) is 19.3 Å². The van der Waals surface area contributed by atoms with Crippen LogP contribution in [0.4, 0.5) is 11.4 Å². The normalized spacial score (nSPS) is 10.6. The molecule has 22 heavy (non-hydrogen) atoms. The number of aliphatic hydroxyl groups is 1. The summed E-state index contributed by atoms with van der Waals surface area (Å²) in [6, 6.07) is 8.77. The third-order valence-corrected chi connectivity index (χ3v) is 2.83. The lowest BCUT2D eigenvalue weighted by molar-refractivity contribution is 0.0608. The number of aliphatic hydroxyl groups excluding tert-OH is 1. The molecule has 7 nitrogen and oxygen atoms in total. The highest BCUT2D eigenvalue weighted by Crippen LogP contribution is 2.29. The Morgan fingerprint density at radius 2 is 1.23 bits per heavy atom. The van der Waals surface area contributed by atoms with Crippen molar-refractivity contribution in [3.05, 3.63) is 36.4 Å². The van der Waals surface area contributed by atoms with E-state index in [1.54, 1.807) is 0 Å². The van der Waals surface area contributed by atoms with Crippen LogP contribution < -0.4 is 20.9 Å². The van der Waals surface area contributed by atoms with Crippen LogP contribution in [0.5, 0.6) is 23.0 Å². The highest BCUT2D eigenvalue weighted by Gasteiger charge is 2.11. The SMILES string of the molecule is Nc1ccc(O)c(OCC(O)COc2cc(N)ccc2O)c1. The van der Waals surface area contributed by atoms with E-state index in [4.69, 9.17) is 20.9 Å². The number of benzene rings is 2. The van der Waals surface area contributed by atoms with Gasteiger partial charge in [-0.15, -0.1) is 0 Å². The van der Waals surface area contributed by atoms with E-state index < -0.39 is 6.10 Å². The first-order valence-corrected chi connectivity index (χ1v) is 6.56. The number of anilines is 2. The number of nitrogen functional groups attached to an aromatic ring is 2. The van der Waals surface area contributed by atoms with Gasteiger partial charge in [0.15, 0.2) is 23.0 Å². The average molecular weight is 306 g/mol.